The molecule has 0 aliphatic heterocycles. The number of carbonyl (C=O) groups excluding carboxylic acids is 1. The highest BCUT2D eigenvalue weighted by Crippen LogP contribution is 2.11. The highest BCUT2D eigenvalue weighted by Gasteiger charge is 2.04. The van der Waals surface area contributed by atoms with E-state index >= 15 is 0 Å². The number of anilines is 1. The molecule has 16 heavy (non-hydrogen) atoms. The molecule has 3 nitrogen and oxygen atoms in total. The Labute approximate surface area is 96.5 Å². The van der Waals surface area contributed by atoms with Crippen LogP contribution in [0.15, 0.2) is 24.3 Å². The topological polar surface area (TPSA) is 49.3 Å². The fourth-order valence-electron chi connectivity index (χ4n) is 1.41. The lowest BCUT2D eigenvalue weighted by Crippen LogP contribution is -2.15. The molecule has 0 saturated carbocycles. The summed E-state index contributed by atoms with van der Waals surface area (Å²) in [6, 6.07) is 7.38. The second kappa shape index (κ2) is 6.28. The SMILES string of the molecule is CCCC(=O)c1ccc(NCC(C)O)cc1. The molecular weight excluding hydrogens is 202 g/mol. The maximum Gasteiger partial charge on any atom is 0.162 e. The van der Waals surface area contributed by atoms with Gasteiger partial charge in [0.2, 0.25) is 0 Å². The smallest absolute Gasteiger partial charge is 0.162 e. The summed E-state index contributed by atoms with van der Waals surface area (Å²) in [7, 11) is 0. The number of aliphatic hydroxyl groups is 1. The fraction of sp³-hybridized carbons (Fsp3) is 0.462. The molecule has 1 rings (SSSR count). The zero-order valence-corrected chi connectivity index (χ0v) is 9.86. The number of aliphatic hydroxyl groups excluding tert-OH is 1. The zero-order chi connectivity index (χ0) is 12.0. The van der Waals surface area contributed by atoms with Crippen LogP contribution in [0.4, 0.5) is 5.69 Å². The van der Waals surface area contributed by atoms with Gasteiger partial charge in [-0.2, -0.15) is 0 Å². The van der Waals surface area contributed by atoms with Crippen LogP contribution in [0.5, 0.6) is 0 Å². The third-order valence-corrected chi connectivity index (χ3v) is 2.29. The van der Waals surface area contributed by atoms with Gasteiger partial charge >= 0.3 is 0 Å². The van der Waals surface area contributed by atoms with Gasteiger partial charge in [-0.25, -0.2) is 0 Å². The lowest BCUT2D eigenvalue weighted by atomic mass is 10.1. The average Bonchev–Trinajstić information content (AvgIpc) is 2.27. The molecule has 0 amide bonds. The van der Waals surface area contributed by atoms with Crippen molar-refractivity contribution in [3.63, 3.8) is 0 Å². The Kier molecular flexibility index (Phi) is 4.99. The van der Waals surface area contributed by atoms with E-state index in [2.05, 4.69) is 5.32 Å². The number of benzene rings is 1. The molecule has 0 aromatic heterocycles. The van der Waals surface area contributed by atoms with Gasteiger partial charge in [0.15, 0.2) is 5.78 Å². The molecule has 0 radical (unpaired) electrons. The Balaban J connectivity index is 2.57. The molecule has 0 fully saturated rings. The molecule has 3 heteroatoms. The first kappa shape index (κ1) is 12.7. The van der Waals surface area contributed by atoms with Crippen molar-refractivity contribution in [1.29, 1.82) is 0 Å². The first-order valence-electron chi connectivity index (χ1n) is 5.68. The van der Waals surface area contributed by atoms with Crippen LogP contribution in [0.1, 0.15) is 37.0 Å². The van der Waals surface area contributed by atoms with Crippen LogP contribution in [-0.4, -0.2) is 23.5 Å². The molecule has 0 heterocycles. The van der Waals surface area contributed by atoms with Crippen molar-refractivity contribution in [2.24, 2.45) is 0 Å². The summed E-state index contributed by atoms with van der Waals surface area (Å²) in [4.78, 5) is 11.6. The molecule has 0 spiro atoms. The molecule has 1 aromatic rings. The van der Waals surface area contributed by atoms with E-state index in [0.29, 0.717) is 13.0 Å². The van der Waals surface area contributed by atoms with Gasteiger partial charge in [-0.3, -0.25) is 4.79 Å². The molecule has 0 bridgehead atoms. The highest BCUT2D eigenvalue weighted by molar-refractivity contribution is 5.96. The second-order valence-corrected chi connectivity index (χ2v) is 3.98. The Morgan fingerprint density at radius 3 is 2.50 bits per heavy atom. The number of hydrogen-bond donors (Lipinski definition) is 2. The van der Waals surface area contributed by atoms with Gasteiger partial charge in [0.1, 0.15) is 0 Å². The maximum atomic E-state index is 11.6. The normalized spacial score (nSPS) is 12.2. The number of Topliss-reactive ketones (excluding diaryl/α,β-unsaturated/α-hetero) is 1. The Morgan fingerprint density at radius 1 is 1.38 bits per heavy atom. The van der Waals surface area contributed by atoms with Crippen molar-refractivity contribution in [3.05, 3.63) is 29.8 Å². The van der Waals surface area contributed by atoms with E-state index < -0.39 is 0 Å². The molecule has 0 aliphatic carbocycles. The van der Waals surface area contributed by atoms with Crippen molar-refractivity contribution >= 4 is 11.5 Å². The summed E-state index contributed by atoms with van der Waals surface area (Å²) in [5, 5.41) is 12.2. The van der Waals surface area contributed by atoms with Crippen molar-refractivity contribution in [2.45, 2.75) is 32.8 Å². The van der Waals surface area contributed by atoms with E-state index in [1.165, 1.54) is 0 Å². The molecule has 88 valence electrons. The average molecular weight is 221 g/mol. The molecule has 1 aromatic carbocycles. The number of hydrogen-bond acceptors (Lipinski definition) is 3. The quantitative estimate of drug-likeness (QED) is 0.725. The molecule has 0 saturated heterocycles. The minimum absolute atomic E-state index is 0.185. The molecule has 1 atom stereocenters. The predicted molar refractivity (Wildman–Crippen MR) is 65.9 cm³/mol. The van der Waals surface area contributed by atoms with Crippen LogP contribution in [0, 0.1) is 0 Å². The van der Waals surface area contributed by atoms with Crippen LogP contribution in [0.2, 0.25) is 0 Å². The summed E-state index contributed by atoms with van der Waals surface area (Å²) < 4.78 is 0. The first-order valence-corrected chi connectivity index (χ1v) is 5.68. The van der Waals surface area contributed by atoms with Gasteiger partial charge in [-0.1, -0.05) is 6.92 Å². The van der Waals surface area contributed by atoms with Crippen molar-refractivity contribution in [2.75, 3.05) is 11.9 Å². The van der Waals surface area contributed by atoms with E-state index in [1.807, 2.05) is 31.2 Å². The van der Waals surface area contributed by atoms with Crippen molar-refractivity contribution in [1.82, 2.24) is 0 Å². The number of rotatable bonds is 6. The van der Waals surface area contributed by atoms with Gasteiger partial charge in [-0.05, 0) is 37.6 Å². The van der Waals surface area contributed by atoms with Gasteiger partial charge in [0, 0.05) is 24.2 Å². The molecule has 2 N–H and O–H groups in total. The van der Waals surface area contributed by atoms with Gasteiger partial charge in [0.05, 0.1) is 6.10 Å². The predicted octanol–water partition coefficient (Wildman–Crippen LogP) is 2.46. The summed E-state index contributed by atoms with van der Waals surface area (Å²) in [6.07, 6.45) is 1.10. The van der Waals surface area contributed by atoms with Gasteiger partial charge in [0.25, 0.3) is 0 Å². The van der Waals surface area contributed by atoms with Crippen LogP contribution >= 0.6 is 0 Å². The second-order valence-electron chi connectivity index (χ2n) is 3.98. The minimum Gasteiger partial charge on any atom is -0.392 e. The minimum atomic E-state index is -0.374. The van der Waals surface area contributed by atoms with Gasteiger partial charge in [-0.15, -0.1) is 0 Å². The third-order valence-electron chi connectivity index (χ3n) is 2.29. The third kappa shape index (κ3) is 4.03. The summed E-state index contributed by atoms with van der Waals surface area (Å²) in [5.74, 6) is 0.185. The first-order chi connectivity index (χ1) is 7.63. The maximum absolute atomic E-state index is 11.6. The van der Waals surface area contributed by atoms with E-state index in [4.69, 9.17) is 5.11 Å². The Hall–Kier alpha value is -1.35. The van der Waals surface area contributed by atoms with E-state index in [9.17, 15) is 4.79 Å². The monoisotopic (exact) mass is 221 g/mol. The lowest BCUT2D eigenvalue weighted by molar-refractivity contribution is 0.0981. The van der Waals surface area contributed by atoms with E-state index in [0.717, 1.165) is 17.7 Å². The van der Waals surface area contributed by atoms with Crippen LogP contribution in [0.25, 0.3) is 0 Å². The number of carbonyl (C=O) groups is 1. The molecule has 1 unspecified atom stereocenters. The summed E-state index contributed by atoms with van der Waals surface area (Å²) in [6.45, 7) is 4.24. The zero-order valence-electron chi connectivity index (χ0n) is 9.86. The summed E-state index contributed by atoms with van der Waals surface area (Å²) >= 11 is 0. The van der Waals surface area contributed by atoms with Crippen LogP contribution in [0.3, 0.4) is 0 Å². The van der Waals surface area contributed by atoms with Crippen molar-refractivity contribution < 1.29 is 9.90 Å². The van der Waals surface area contributed by atoms with E-state index in [1.54, 1.807) is 6.92 Å². The summed E-state index contributed by atoms with van der Waals surface area (Å²) in [5.41, 5.74) is 1.68. The van der Waals surface area contributed by atoms with Crippen molar-refractivity contribution in [3.8, 4) is 0 Å². The molecular formula is C13H19NO2. The highest BCUT2D eigenvalue weighted by atomic mass is 16.3. The molecule has 0 aliphatic rings. The van der Waals surface area contributed by atoms with Gasteiger partial charge < -0.3 is 10.4 Å². The van der Waals surface area contributed by atoms with E-state index in [-0.39, 0.29) is 11.9 Å². The van der Waals surface area contributed by atoms with Crippen LogP contribution < -0.4 is 5.32 Å². The number of ketones is 1. The lowest BCUT2D eigenvalue weighted by Gasteiger charge is -2.08. The Bertz CT molecular complexity index is 330. The number of nitrogens with one attached hydrogen (secondary N) is 1. The largest absolute Gasteiger partial charge is 0.392 e. The Morgan fingerprint density at radius 2 is 2.00 bits per heavy atom. The standard InChI is InChI=1S/C13H19NO2/c1-3-4-13(16)11-5-7-12(8-6-11)14-9-10(2)15/h5-8,10,14-15H,3-4,9H2,1-2H3. The fourth-order valence-corrected chi connectivity index (χ4v) is 1.41. The van der Waals surface area contributed by atoms with Crippen LogP contribution in [-0.2, 0) is 0 Å².